The first-order valence-corrected chi connectivity index (χ1v) is 11.3. The number of amides is 2. The number of hydrogen-bond donors (Lipinski definition) is 1. The molecular formula is C27H27N3O3. The molecule has 2 saturated heterocycles. The highest BCUT2D eigenvalue weighted by molar-refractivity contribution is 5.88. The number of aliphatic hydroxyl groups is 1. The van der Waals surface area contributed by atoms with Crippen LogP contribution in [0.3, 0.4) is 0 Å². The van der Waals surface area contributed by atoms with Crippen LogP contribution in [-0.2, 0) is 16.0 Å². The number of nitrogens with zero attached hydrogens (tertiary/aromatic N) is 3. The minimum Gasteiger partial charge on any atom is -0.394 e. The molecule has 5 rings (SSSR count). The monoisotopic (exact) mass is 441 g/mol. The fourth-order valence-electron chi connectivity index (χ4n) is 5.18. The number of carbonyl (C=O) groups excluding carboxylic acids is 2. The van der Waals surface area contributed by atoms with Crippen molar-refractivity contribution in [1.82, 2.24) is 14.8 Å². The Morgan fingerprint density at radius 3 is 2.58 bits per heavy atom. The predicted octanol–water partition coefficient (Wildman–Crippen LogP) is 2.80. The molecule has 1 aromatic heterocycles. The number of hydrogen-bond acceptors (Lipinski definition) is 4. The lowest BCUT2D eigenvalue weighted by Gasteiger charge is -2.58. The first-order valence-electron chi connectivity index (χ1n) is 11.3. The zero-order valence-electron chi connectivity index (χ0n) is 18.6. The van der Waals surface area contributed by atoms with Crippen molar-refractivity contribution in [3.8, 4) is 11.1 Å². The van der Waals surface area contributed by atoms with E-state index >= 15 is 0 Å². The molecule has 2 amide bonds. The van der Waals surface area contributed by atoms with E-state index in [2.05, 4.69) is 54.4 Å². The first kappa shape index (κ1) is 21.3. The van der Waals surface area contributed by atoms with E-state index in [4.69, 9.17) is 0 Å². The van der Waals surface area contributed by atoms with E-state index in [-0.39, 0.29) is 49.4 Å². The van der Waals surface area contributed by atoms with Gasteiger partial charge in [0.1, 0.15) is 0 Å². The number of aryl methyl sites for hydroxylation is 1. The van der Waals surface area contributed by atoms with Crippen LogP contribution < -0.4 is 0 Å². The van der Waals surface area contributed by atoms with Crippen LogP contribution in [0.15, 0.2) is 72.9 Å². The molecule has 3 atom stereocenters. The number of piperazine rings is 1. The maximum atomic E-state index is 12.9. The van der Waals surface area contributed by atoms with E-state index in [9.17, 15) is 14.7 Å². The standard InChI is InChI=1S/C27H27N3O3/c1-18-5-4-6-21(13-18)19-8-10-20(11-9-19)27-23-15-29(16-26(33)30(23)24(27)17-31)25(32)14-22-7-2-3-12-28-22/h2-13,23-24,27,31H,14-17H2,1H3/t23-,24+,27-/m1/s1. The van der Waals surface area contributed by atoms with Gasteiger partial charge in [-0.05, 0) is 35.7 Å². The van der Waals surface area contributed by atoms with Crippen LogP contribution in [0.4, 0.5) is 0 Å². The minimum absolute atomic E-state index is 0.00374. The summed E-state index contributed by atoms with van der Waals surface area (Å²) >= 11 is 0. The zero-order valence-corrected chi connectivity index (χ0v) is 18.6. The largest absolute Gasteiger partial charge is 0.394 e. The second kappa shape index (κ2) is 8.79. The Labute approximate surface area is 193 Å². The number of aliphatic hydroxyl groups excluding tert-OH is 1. The molecule has 0 radical (unpaired) electrons. The maximum absolute atomic E-state index is 12.9. The van der Waals surface area contributed by atoms with Gasteiger partial charge in [-0.1, -0.05) is 60.2 Å². The number of aromatic nitrogens is 1. The zero-order chi connectivity index (χ0) is 22.9. The second-order valence-corrected chi connectivity index (χ2v) is 8.91. The number of rotatable bonds is 5. The summed E-state index contributed by atoms with van der Waals surface area (Å²) in [4.78, 5) is 33.4. The minimum atomic E-state index is -0.250. The third-order valence-corrected chi connectivity index (χ3v) is 6.81. The van der Waals surface area contributed by atoms with Crippen molar-refractivity contribution in [3.05, 3.63) is 89.7 Å². The van der Waals surface area contributed by atoms with Gasteiger partial charge in [-0.15, -0.1) is 0 Å². The van der Waals surface area contributed by atoms with E-state index in [0.717, 1.165) is 16.7 Å². The summed E-state index contributed by atoms with van der Waals surface area (Å²) in [5.41, 5.74) is 5.28. The molecule has 0 unspecified atom stereocenters. The van der Waals surface area contributed by atoms with E-state index in [1.165, 1.54) is 5.56 Å². The Balaban J connectivity index is 1.35. The highest BCUT2D eigenvalue weighted by Crippen LogP contribution is 2.43. The van der Waals surface area contributed by atoms with Gasteiger partial charge in [-0.2, -0.15) is 0 Å². The van der Waals surface area contributed by atoms with Crippen molar-refractivity contribution in [3.63, 3.8) is 0 Å². The van der Waals surface area contributed by atoms with Crippen molar-refractivity contribution >= 4 is 11.8 Å². The van der Waals surface area contributed by atoms with Gasteiger partial charge in [0, 0.05) is 24.4 Å². The van der Waals surface area contributed by atoms with Gasteiger partial charge in [0.15, 0.2) is 0 Å². The number of carbonyl (C=O) groups is 2. The fourth-order valence-corrected chi connectivity index (χ4v) is 5.18. The molecule has 0 saturated carbocycles. The molecule has 2 fully saturated rings. The Morgan fingerprint density at radius 2 is 1.88 bits per heavy atom. The van der Waals surface area contributed by atoms with Crippen molar-refractivity contribution in [1.29, 1.82) is 0 Å². The molecule has 3 heterocycles. The number of fused-ring (bicyclic) bond motifs is 1. The van der Waals surface area contributed by atoms with Crippen molar-refractivity contribution in [2.75, 3.05) is 19.7 Å². The first-order chi connectivity index (χ1) is 16.0. The Bertz CT molecular complexity index is 1160. The number of benzene rings is 2. The average molecular weight is 442 g/mol. The highest BCUT2D eigenvalue weighted by Gasteiger charge is 2.54. The van der Waals surface area contributed by atoms with Crippen LogP contribution in [0.5, 0.6) is 0 Å². The summed E-state index contributed by atoms with van der Waals surface area (Å²) in [5, 5.41) is 10.0. The van der Waals surface area contributed by atoms with Crippen LogP contribution in [-0.4, -0.2) is 63.5 Å². The Morgan fingerprint density at radius 1 is 1.06 bits per heavy atom. The van der Waals surface area contributed by atoms with Gasteiger partial charge in [0.25, 0.3) is 0 Å². The fraction of sp³-hybridized carbons (Fsp3) is 0.296. The molecule has 0 aliphatic carbocycles. The molecule has 0 bridgehead atoms. The normalized spacial score (nSPS) is 22.0. The summed E-state index contributed by atoms with van der Waals surface area (Å²) in [6.07, 6.45) is 1.85. The Hall–Kier alpha value is -3.51. The molecule has 3 aromatic rings. The molecule has 33 heavy (non-hydrogen) atoms. The van der Waals surface area contributed by atoms with Gasteiger partial charge in [0.2, 0.25) is 11.8 Å². The van der Waals surface area contributed by atoms with Crippen LogP contribution >= 0.6 is 0 Å². The van der Waals surface area contributed by atoms with Crippen LogP contribution in [0.1, 0.15) is 22.7 Å². The van der Waals surface area contributed by atoms with Gasteiger partial charge in [-0.25, -0.2) is 0 Å². The molecule has 168 valence electrons. The van der Waals surface area contributed by atoms with Crippen LogP contribution in [0, 0.1) is 6.92 Å². The summed E-state index contributed by atoms with van der Waals surface area (Å²) < 4.78 is 0. The molecular weight excluding hydrogens is 414 g/mol. The summed E-state index contributed by atoms with van der Waals surface area (Å²) in [7, 11) is 0. The highest BCUT2D eigenvalue weighted by atomic mass is 16.3. The lowest BCUT2D eigenvalue weighted by molar-refractivity contribution is -0.166. The summed E-state index contributed by atoms with van der Waals surface area (Å²) in [5.74, 6) is -0.203. The van der Waals surface area contributed by atoms with Crippen molar-refractivity contribution in [2.24, 2.45) is 0 Å². The van der Waals surface area contributed by atoms with Crippen molar-refractivity contribution in [2.45, 2.75) is 31.3 Å². The smallest absolute Gasteiger partial charge is 0.242 e. The van der Waals surface area contributed by atoms with E-state index in [1.807, 2.05) is 24.3 Å². The summed E-state index contributed by atoms with van der Waals surface area (Å²) in [6.45, 7) is 2.51. The molecule has 2 aromatic carbocycles. The van der Waals surface area contributed by atoms with Gasteiger partial charge in [0.05, 0.1) is 31.7 Å². The molecule has 6 nitrogen and oxygen atoms in total. The van der Waals surface area contributed by atoms with Crippen LogP contribution in [0.25, 0.3) is 11.1 Å². The lowest BCUT2D eigenvalue weighted by atomic mass is 9.73. The third kappa shape index (κ3) is 4.02. The average Bonchev–Trinajstić information content (AvgIpc) is 2.81. The van der Waals surface area contributed by atoms with Crippen molar-refractivity contribution < 1.29 is 14.7 Å². The van der Waals surface area contributed by atoms with E-state index in [1.54, 1.807) is 16.0 Å². The topological polar surface area (TPSA) is 73.7 Å². The number of pyridine rings is 1. The SMILES string of the molecule is Cc1cccc(-c2ccc([C@@H]3[C@H]4CN(C(=O)Cc5ccccn5)CC(=O)N4[C@H]3CO)cc2)c1. The van der Waals surface area contributed by atoms with Gasteiger partial charge < -0.3 is 14.9 Å². The van der Waals surface area contributed by atoms with Gasteiger partial charge >= 0.3 is 0 Å². The van der Waals surface area contributed by atoms with Gasteiger partial charge in [-0.3, -0.25) is 14.6 Å². The van der Waals surface area contributed by atoms with E-state index < -0.39 is 0 Å². The third-order valence-electron chi connectivity index (χ3n) is 6.81. The quantitative estimate of drug-likeness (QED) is 0.661. The molecule has 1 N–H and O–H groups in total. The second-order valence-electron chi connectivity index (χ2n) is 8.91. The molecule has 0 spiro atoms. The molecule has 2 aliphatic rings. The van der Waals surface area contributed by atoms with E-state index in [0.29, 0.717) is 12.2 Å². The molecule has 6 heteroatoms. The predicted molar refractivity (Wildman–Crippen MR) is 125 cm³/mol. The maximum Gasteiger partial charge on any atom is 0.242 e. The Kier molecular flexibility index (Phi) is 5.68. The summed E-state index contributed by atoms with van der Waals surface area (Å²) in [6, 6.07) is 21.8. The lowest BCUT2D eigenvalue weighted by Crippen LogP contribution is -2.73. The molecule has 2 aliphatic heterocycles. The van der Waals surface area contributed by atoms with Crippen LogP contribution in [0.2, 0.25) is 0 Å².